The van der Waals surface area contributed by atoms with Crippen LogP contribution < -0.4 is 0 Å². The Morgan fingerprint density at radius 3 is 2.27 bits per heavy atom. The lowest BCUT2D eigenvalue weighted by molar-refractivity contribution is -0.304. The molecule has 0 aromatic carbocycles. The molecule has 0 spiro atoms. The second kappa shape index (κ2) is 5.13. The average Bonchev–Trinajstić information content (AvgIpc) is 1.98. The number of ether oxygens (including phenoxy) is 2. The molecule has 0 radical (unpaired) electrons. The largest absolute Gasteiger partial charge is 0.347 e. The Balaban J connectivity index is 2.46. The predicted molar refractivity (Wildman–Crippen MR) is 62.8 cm³/mol. The standard InChI is InChI=1S/C13H24O2/c1-10(2)7-6-8-13(5)14-11(3)9-12(4)15-13/h7,11-12H,6,8-9H2,1-5H3/t11-,12-/m1/s1. The molecule has 0 unspecified atom stereocenters. The van der Waals surface area contributed by atoms with Gasteiger partial charge in [0.15, 0.2) is 5.79 Å². The van der Waals surface area contributed by atoms with Crippen LogP contribution in [0.4, 0.5) is 0 Å². The molecule has 0 aromatic heterocycles. The number of rotatable bonds is 3. The van der Waals surface area contributed by atoms with Crippen molar-refractivity contribution in [3.63, 3.8) is 0 Å². The van der Waals surface area contributed by atoms with Gasteiger partial charge in [-0.15, -0.1) is 0 Å². The van der Waals surface area contributed by atoms with E-state index in [1.807, 2.05) is 0 Å². The van der Waals surface area contributed by atoms with Crippen LogP contribution in [0.5, 0.6) is 0 Å². The molecule has 1 saturated heterocycles. The molecule has 88 valence electrons. The van der Waals surface area contributed by atoms with Crippen molar-refractivity contribution in [1.82, 2.24) is 0 Å². The Kier molecular flexibility index (Phi) is 4.35. The first kappa shape index (κ1) is 12.7. The molecular weight excluding hydrogens is 188 g/mol. The Bertz CT molecular complexity index is 219. The highest BCUT2D eigenvalue weighted by Gasteiger charge is 2.34. The van der Waals surface area contributed by atoms with E-state index >= 15 is 0 Å². The van der Waals surface area contributed by atoms with Crippen molar-refractivity contribution in [1.29, 1.82) is 0 Å². The minimum absolute atomic E-state index is 0.311. The normalized spacial score (nSPS) is 36.3. The summed E-state index contributed by atoms with van der Waals surface area (Å²) in [6.45, 7) is 10.5. The van der Waals surface area contributed by atoms with Crippen molar-refractivity contribution >= 4 is 0 Å². The molecule has 2 heteroatoms. The van der Waals surface area contributed by atoms with Gasteiger partial charge in [-0.3, -0.25) is 0 Å². The summed E-state index contributed by atoms with van der Waals surface area (Å²) < 4.78 is 11.7. The van der Waals surface area contributed by atoms with Crippen molar-refractivity contribution in [3.8, 4) is 0 Å². The number of hydrogen-bond donors (Lipinski definition) is 0. The van der Waals surface area contributed by atoms with E-state index in [0.717, 1.165) is 19.3 Å². The van der Waals surface area contributed by atoms with Gasteiger partial charge in [0, 0.05) is 6.42 Å². The van der Waals surface area contributed by atoms with Gasteiger partial charge in [-0.1, -0.05) is 11.6 Å². The van der Waals surface area contributed by atoms with Crippen LogP contribution in [-0.4, -0.2) is 18.0 Å². The van der Waals surface area contributed by atoms with E-state index < -0.39 is 0 Å². The maximum atomic E-state index is 5.87. The molecule has 15 heavy (non-hydrogen) atoms. The summed E-state index contributed by atoms with van der Waals surface area (Å²) in [5.41, 5.74) is 1.36. The van der Waals surface area contributed by atoms with Gasteiger partial charge in [-0.2, -0.15) is 0 Å². The van der Waals surface area contributed by atoms with Crippen molar-refractivity contribution < 1.29 is 9.47 Å². The highest BCUT2D eigenvalue weighted by Crippen LogP contribution is 2.30. The van der Waals surface area contributed by atoms with Gasteiger partial charge in [-0.25, -0.2) is 0 Å². The Hall–Kier alpha value is -0.340. The lowest BCUT2D eigenvalue weighted by Gasteiger charge is -2.40. The van der Waals surface area contributed by atoms with Gasteiger partial charge in [0.1, 0.15) is 0 Å². The maximum absolute atomic E-state index is 5.87. The maximum Gasteiger partial charge on any atom is 0.166 e. The smallest absolute Gasteiger partial charge is 0.166 e. The quantitative estimate of drug-likeness (QED) is 0.665. The molecule has 0 saturated carbocycles. The molecule has 0 amide bonds. The molecule has 0 aliphatic carbocycles. The fraction of sp³-hybridized carbons (Fsp3) is 0.846. The van der Waals surface area contributed by atoms with Crippen LogP contribution in [0.25, 0.3) is 0 Å². The van der Waals surface area contributed by atoms with E-state index in [9.17, 15) is 0 Å². The van der Waals surface area contributed by atoms with E-state index in [1.165, 1.54) is 5.57 Å². The zero-order valence-electron chi connectivity index (χ0n) is 10.7. The zero-order chi connectivity index (χ0) is 11.5. The Labute approximate surface area is 93.7 Å². The summed E-state index contributed by atoms with van der Waals surface area (Å²) in [6.07, 6.45) is 5.82. The van der Waals surface area contributed by atoms with Gasteiger partial charge in [-0.05, 0) is 47.5 Å². The first-order valence-corrected chi connectivity index (χ1v) is 5.90. The Morgan fingerprint density at radius 1 is 1.27 bits per heavy atom. The van der Waals surface area contributed by atoms with Gasteiger partial charge in [0.05, 0.1) is 12.2 Å². The van der Waals surface area contributed by atoms with E-state index in [4.69, 9.17) is 9.47 Å². The summed E-state index contributed by atoms with van der Waals surface area (Å²) in [5, 5.41) is 0. The van der Waals surface area contributed by atoms with Crippen LogP contribution in [0.2, 0.25) is 0 Å². The predicted octanol–water partition coefficient (Wildman–Crippen LogP) is 3.66. The number of allylic oxidation sites excluding steroid dienone is 2. The molecule has 1 heterocycles. The lowest BCUT2D eigenvalue weighted by atomic mass is 10.1. The monoisotopic (exact) mass is 212 g/mol. The number of hydrogen-bond acceptors (Lipinski definition) is 2. The minimum Gasteiger partial charge on any atom is -0.347 e. The van der Waals surface area contributed by atoms with Crippen LogP contribution in [0.15, 0.2) is 11.6 Å². The van der Waals surface area contributed by atoms with E-state index in [-0.39, 0.29) is 5.79 Å². The summed E-state index contributed by atoms with van der Waals surface area (Å²) in [6, 6.07) is 0. The molecule has 0 N–H and O–H groups in total. The second-order valence-electron chi connectivity index (χ2n) is 5.05. The third-order valence-corrected chi connectivity index (χ3v) is 2.72. The summed E-state index contributed by atoms with van der Waals surface area (Å²) in [7, 11) is 0. The van der Waals surface area contributed by atoms with Crippen molar-refractivity contribution in [2.75, 3.05) is 0 Å². The summed E-state index contributed by atoms with van der Waals surface area (Å²) in [4.78, 5) is 0. The topological polar surface area (TPSA) is 18.5 Å². The average molecular weight is 212 g/mol. The van der Waals surface area contributed by atoms with Crippen LogP contribution in [0.1, 0.15) is 53.9 Å². The van der Waals surface area contributed by atoms with E-state index in [1.54, 1.807) is 0 Å². The lowest BCUT2D eigenvalue weighted by Crippen LogP contribution is -2.44. The van der Waals surface area contributed by atoms with E-state index in [0.29, 0.717) is 12.2 Å². The third kappa shape index (κ3) is 4.35. The highest BCUT2D eigenvalue weighted by molar-refractivity contribution is 4.93. The van der Waals surface area contributed by atoms with Crippen molar-refractivity contribution in [2.24, 2.45) is 0 Å². The molecule has 1 aliphatic heterocycles. The highest BCUT2D eigenvalue weighted by atomic mass is 16.7. The molecule has 1 aliphatic rings. The molecular formula is C13H24O2. The molecule has 0 bridgehead atoms. The fourth-order valence-electron chi connectivity index (χ4n) is 2.18. The minimum atomic E-state index is -0.386. The van der Waals surface area contributed by atoms with Gasteiger partial charge in [0.2, 0.25) is 0 Å². The van der Waals surface area contributed by atoms with Gasteiger partial charge >= 0.3 is 0 Å². The zero-order valence-corrected chi connectivity index (χ0v) is 10.7. The molecule has 2 nitrogen and oxygen atoms in total. The fourth-order valence-corrected chi connectivity index (χ4v) is 2.18. The van der Waals surface area contributed by atoms with Crippen LogP contribution in [-0.2, 0) is 9.47 Å². The Morgan fingerprint density at radius 2 is 1.80 bits per heavy atom. The van der Waals surface area contributed by atoms with Crippen molar-refractivity contribution in [2.45, 2.75) is 71.9 Å². The molecule has 1 fully saturated rings. The van der Waals surface area contributed by atoms with E-state index in [2.05, 4.69) is 40.7 Å². The van der Waals surface area contributed by atoms with Crippen LogP contribution in [0.3, 0.4) is 0 Å². The van der Waals surface area contributed by atoms with Gasteiger partial charge in [0.25, 0.3) is 0 Å². The summed E-state index contributed by atoms with van der Waals surface area (Å²) >= 11 is 0. The molecule has 2 atom stereocenters. The second-order valence-corrected chi connectivity index (χ2v) is 5.05. The molecule has 1 rings (SSSR count). The first-order valence-electron chi connectivity index (χ1n) is 5.90. The van der Waals surface area contributed by atoms with Gasteiger partial charge < -0.3 is 9.47 Å². The van der Waals surface area contributed by atoms with Crippen LogP contribution >= 0.6 is 0 Å². The SMILES string of the molecule is CC(C)=CCCC1(C)O[C@H](C)C[C@@H](C)O1. The van der Waals surface area contributed by atoms with Crippen LogP contribution in [0, 0.1) is 0 Å². The summed E-state index contributed by atoms with van der Waals surface area (Å²) in [5.74, 6) is -0.386. The third-order valence-electron chi connectivity index (χ3n) is 2.72. The van der Waals surface area contributed by atoms with Crippen molar-refractivity contribution in [3.05, 3.63) is 11.6 Å². The molecule has 0 aromatic rings. The first-order chi connectivity index (χ1) is 6.91.